The molecule has 5 heteroatoms. The zero-order valence-corrected chi connectivity index (χ0v) is 13.9. The van der Waals surface area contributed by atoms with Crippen molar-refractivity contribution < 1.29 is 19.4 Å². The van der Waals surface area contributed by atoms with E-state index in [1.54, 1.807) is 12.1 Å². The molecule has 3 rings (SSSR count). The van der Waals surface area contributed by atoms with Crippen LogP contribution in [0.2, 0.25) is 0 Å². The third kappa shape index (κ3) is 3.45. The Labute approximate surface area is 141 Å². The van der Waals surface area contributed by atoms with Crippen molar-refractivity contribution in [3.05, 3.63) is 53.6 Å². The molecule has 1 atom stereocenters. The first-order valence-corrected chi connectivity index (χ1v) is 7.93. The summed E-state index contributed by atoms with van der Waals surface area (Å²) in [7, 11) is 3.93. The fourth-order valence-corrected chi connectivity index (χ4v) is 2.82. The second kappa shape index (κ2) is 6.83. The Morgan fingerprint density at radius 2 is 1.88 bits per heavy atom. The number of ether oxygens (including phenoxy) is 2. The third-order valence-corrected chi connectivity index (χ3v) is 4.13. The van der Waals surface area contributed by atoms with Crippen LogP contribution in [0.3, 0.4) is 0 Å². The SMILES string of the molecule is CN(C)c1cccc(CC(C(=O)O)c2ccc3c(c2)OCCO3)c1. The highest BCUT2D eigenvalue weighted by molar-refractivity contribution is 5.77. The first-order chi connectivity index (χ1) is 11.5. The van der Waals surface area contributed by atoms with Gasteiger partial charge in [0.05, 0.1) is 5.92 Å². The van der Waals surface area contributed by atoms with Crippen LogP contribution < -0.4 is 14.4 Å². The van der Waals surface area contributed by atoms with Crippen LogP contribution in [-0.4, -0.2) is 38.4 Å². The number of aliphatic carboxylic acids is 1. The van der Waals surface area contributed by atoms with Gasteiger partial charge in [-0.3, -0.25) is 4.79 Å². The van der Waals surface area contributed by atoms with Gasteiger partial charge in [0, 0.05) is 19.8 Å². The van der Waals surface area contributed by atoms with Crippen LogP contribution in [-0.2, 0) is 11.2 Å². The van der Waals surface area contributed by atoms with Crippen molar-refractivity contribution >= 4 is 11.7 Å². The fraction of sp³-hybridized carbons (Fsp3) is 0.316. The van der Waals surface area contributed by atoms with Crippen molar-refractivity contribution in [2.75, 3.05) is 32.2 Å². The lowest BCUT2D eigenvalue weighted by Gasteiger charge is -2.21. The molecule has 0 amide bonds. The fourth-order valence-electron chi connectivity index (χ4n) is 2.82. The molecule has 1 aliphatic heterocycles. The minimum absolute atomic E-state index is 0.427. The van der Waals surface area contributed by atoms with Gasteiger partial charge in [0.25, 0.3) is 0 Å². The Hall–Kier alpha value is -2.69. The maximum absolute atomic E-state index is 11.8. The number of carboxylic acids is 1. The predicted molar refractivity (Wildman–Crippen MR) is 92.3 cm³/mol. The monoisotopic (exact) mass is 327 g/mol. The molecule has 0 aliphatic carbocycles. The number of hydrogen-bond donors (Lipinski definition) is 1. The molecule has 24 heavy (non-hydrogen) atoms. The van der Waals surface area contributed by atoms with Crippen LogP contribution in [0.25, 0.3) is 0 Å². The highest BCUT2D eigenvalue weighted by atomic mass is 16.6. The molecule has 1 heterocycles. The number of carboxylic acid groups (broad SMARTS) is 1. The van der Waals surface area contributed by atoms with Gasteiger partial charge in [-0.1, -0.05) is 18.2 Å². The minimum atomic E-state index is -0.845. The summed E-state index contributed by atoms with van der Waals surface area (Å²) in [5.74, 6) is -0.184. The standard InChI is InChI=1S/C19H21NO4/c1-20(2)15-5-3-4-13(10-15)11-16(19(21)22)14-6-7-17-18(12-14)24-9-8-23-17/h3-7,10,12,16H,8-9,11H2,1-2H3,(H,21,22). The van der Waals surface area contributed by atoms with E-state index in [-0.39, 0.29) is 0 Å². The van der Waals surface area contributed by atoms with Crippen molar-refractivity contribution in [3.63, 3.8) is 0 Å². The molecule has 1 N–H and O–H groups in total. The van der Waals surface area contributed by atoms with E-state index in [4.69, 9.17) is 9.47 Å². The summed E-state index contributed by atoms with van der Waals surface area (Å²) in [5, 5.41) is 9.69. The molecule has 2 aromatic rings. The molecule has 0 saturated heterocycles. The molecular weight excluding hydrogens is 306 g/mol. The molecule has 5 nitrogen and oxygen atoms in total. The van der Waals surface area contributed by atoms with Gasteiger partial charge in [0.1, 0.15) is 13.2 Å². The maximum atomic E-state index is 11.8. The molecule has 2 aromatic carbocycles. The van der Waals surface area contributed by atoms with Crippen LogP contribution in [0.4, 0.5) is 5.69 Å². The number of nitrogens with zero attached hydrogens (tertiary/aromatic N) is 1. The Morgan fingerprint density at radius 1 is 1.12 bits per heavy atom. The van der Waals surface area contributed by atoms with E-state index in [1.165, 1.54) is 0 Å². The molecule has 0 spiro atoms. The molecule has 0 radical (unpaired) electrons. The largest absolute Gasteiger partial charge is 0.486 e. The van der Waals surface area contributed by atoms with Gasteiger partial charge in [-0.05, 0) is 41.8 Å². The quantitative estimate of drug-likeness (QED) is 0.915. The lowest BCUT2D eigenvalue weighted by molar-refractivity contribution is -0.138. The normalized spacial score (nSPS) is 14.1. The number of fused-ring (bicyclic) bond motifs is 1. The minimum Gasteiger partial charge on any atom is -0.486 e. The second-order valence-electron chi connectivity index (χ2n) is 6.06. The Morgan fingerprint density at radius 3 is 2.58 bits per heavy atom. The van der Waals surface area contributed by atoms with Gasteiger partial charge in [-0.15, -0.1) is 0 Å². The van der Waals surface area contributed by atoms with Crippen LogP contribution in [0.5, 0.6) is 11.5 Å². The smallest absolute Gasteiger partial charge is 0.311 e. The number of anilines is 1. The van der Waals surface area contributed by atoms with Gasteiger partial charge >= 0.3 is 5.97 Å². The number of rotatable bonds is 5. The Balaban J connectivity index is 1.88. The first-order valence-electron chi connectivity index (χ1n) is 7.93. The summed E-state index contributed by atoms with van der Waals surface area (Å²) in [6.45, 7) is 1.01. The average molecular weight is 327 g/mol. The topological polar surface area (TPSA) is 59.0 Å². The van der Waals surface area contributed by atoms with Gasteiger partial charge < -0.3 is 19.5 Å². The van der Waals surface area contributed by atoms with E-state index < -0.39 is 11.9 Å². The van der Waals surface area contributed by atoms with E-state index in [2.05, 4.69) is 0 Å². The molecule has 0 fully saturated rings. The maximum Gasteiger partial charge on any atom is 0.311 e. The number of benzene rings is 2. The lowest BCUT2D eigenvalue weighted by atomic mass is 9.91. The van der Waals surface area contributed by atoms with E-state index in [0.29, 0.717) is 31.1 Å². The molecule has 0 bridgehead atoms. The summed E-state index contributed by atoms with van der Waals surface area (Å²) >= 11 is 0. The van der Waals surface area contributed by atoms with Gasteiger partial charge in [-0.2, -0.15) is 0 Å². The highest BCUT2D eigenvalue weighted by Gasteiger charge is 2.23. The van der Waals surface area contributed by atoms with E-state index >= 15 is 0 Å². The zero-order valence-electron chi connectivity index (χ0n) is 13.9. The van der Waals surface area contributed by atoms with Crippen LogP contribution in [0.1, 0.15) is 17.0 Å². The van der Waals surface area contributed by atoms with Crippen molar-refractivity contribution in [1.82, 2.24) is 0 Å². The Kier molecular flexibility index (Phi) is 4.60. The average Bonchev–Trinajstić information content (AvgIpc) is 2.59. The zero-order chi connectivity index (χ0) is 17.1. The Bertz CT molecular complexity index is 742. The van der Waals surface area contributed by atoms with Crippen LogP contribution in [0.15, 0.2) is 42.5 Å². The molecule has 1 unspecified atom stereocenters. The van der Waals surface area contributed by atoms with E-state index in [1.807, 2.05) is 49.3 Å². The first kappa shape index (κ1) is 16.2. The van der Waals surface area contributed by atoms with Crippen molar-refractivity contribution in [3.8, 4) is 11.5 Å². The summed E-state index contributed by atoms with van der Waals surface area (Å²) in [6, 6.07) is 13.3. The number of carbonyl (C=O) groups is 1. The number of hydrogen-bond acceptors (Lipinski definition) is 4. The molecule has 0 saturated carbocycles. The van der Waals surface area contributed by atoms with E-state index in [0.717, 1.165) is 16.8 Å². The highest BCUT2D eigenvalue weighted by Crippen LogP contribution is 2.34. The summed E-state index contributed by atoms with van der Waals surface area (Å²) in [5.41, 5.74) is 2.77. The summed E-state index contributed by atoms with van der Waals surface area (Å²) < 4.78 is 11.1. The summed E-state index contributed by atoms with van der Waals surface area (Å²) in [6.07, 6.45) is 0.427. The second-order valence-corrected chi connectivity index (χ2v) is 6.06. The van der Waals surface area contributed by atoms with Crippen molar-refractivity contribution in [1.29, 1.82) is 0 Å². The van der Waals surface area contributed by atoms with Gasteiger partial charge in [0.15, 0.2) is 11.5 Å². The van der Waals surface area contributed by atoms with Crippen molar-refractivity contribution in [2.45, 2.75) is 12.3 Å². The van der Waals surface area contributed by atoms with E-state index in [9.17, 15) is 9.90 Å². The van der Waals surface area contributed by atoms with Gasteiger partial charge in [-0.25, -0.2) is 0 Å². The van der Waals surface area contributed by atoms with Crippen LogP contribution in [0, 0.1) is 0 Å². The molecule has 126 valence electrons. The predicted octanol–water partition coefficient (Wildman–Crippen LogP) is 2.93. The van der Waals surface area contributed by atoms with Gasteiger partial charge in [0.2, 0.25) is 0 Å². The van der Waals surface area contributed by atoms with Crippen molar-refractivity contribution in [2.24, 2.45) is 0 Å². The van der Waals surface area contributed by atoms with Crippen LogP contribution >= 0.6 is 0 Å². The molecule has 0 aromatic heterocycles. The molecule has 1 aliphatic rings. The lowest BCUT2D eigenvalue weighted by Crippen LogP contribution is -2.18. The molecular formula is C19H21NO4. The third-order valence-electron chi connectivity index (χ3n) is 4.13. The summed E-state index contributed by atoms with van der Waals surface area (Å²) in [4.78, 5) is 13.8.